The SMILES string of the molecule is CNC(C)c1csc(CC2CCCN2C(C)C)n1. The van der Waals surface area contributed by atoms with Gasteiger partial charge >= 0.3 is 0 Å². The standard InChI is InChI=1S/C14H25N3S/c1-10(2)17-7-5-6-12(17)8-14-16-13(9-18-14)11(3)15-4/h9-12,15H,5-8H2,1-4H3. The first-order valence-electron chi connectivity index (χ1n) is 6.99. The predicted molar refractivity (Wildman–Crippen MR) is 78.2 cm³/mol. The molecule has 2 atom stereocenters. The van der Waals surface area contributed by atoms with Crippen molar-refractivity contribution in [1.29, 1.82) is 0 Å². The molecule has 1 N–H and O–H groups in total. The Labute approximate surface area is 115 Å². The number of nitrogens with one attached hydrogen (secondary N) is 1. The van der Waals surface area contributed by atoms with E-state index in [0.29, 0.717) is 18.1 Å². The summed E-state index contributed by atoms with van der Waals surface area (Å²) in [7, 11) is 1.99. The number of hydrogen-bond donors (Lipinski definition) is 1. The summed E-state index contributed by atoms with van der Waals surface area (Å²) >= 11 is 1.82. The molecule has 0 spiro atoms. The fourth-order valence-corrected chi connectivity index (χ4v) is 3.68. The lowest BCUT2D eigenvalue weighted by Gasteiger charge is -2.27. The lowest BCUT2D eigenvalue weighted by molar-refractivity contribution is 0.202. The maximum absolute atomic E-state index is 4.77. The minimum absolute atomic E-state index is 0.361. The molecule has 0 amide bonds. The van der Waals surface area contributed by atoms with Crippen LogP contribution in [0.5, 0.6) is 0 Å². The molecule has 1 saturated heterocycles. The van der Waals surface area contributed by atoms with E-state index in [4.69, 9.17) is 4.98 Å². The fraction of sp³-hybridized carbons (Fsp3) is 0.786. The summed E-state index contributed by atoms with van der Waals surface area (Å²) in [4.78, 5) is 7.40. The summed E-state index contributed by atoms with van der Waals surface area (Å²) in [5.41, 5.74) is 1.19. The van der Waals surface area contributed by atoms with Gasteiger partial charge in [-0.25, -0.2) is 4.98 Å². The van der Waals surface area contributed by atoms with Crippen LogP contribution in [0.15, 0.2) is 5.38 Å². The Morgan fingerprint density at radius 1 is 1.50 bits per heavy atom. The lowest BCUT2D eigenvalue weighted by atomic mass is 10.1. The second kappa shape index (κ2) is 6.13. The Hall–Kier alpha value is -0.450. The molecule has 2 heterocycles. The van der Waals surface area contributed by atoms with Gasteiger partial charge in [0.1, 0.15) is 0 Å². The number of aromatic nitrogens is 1. The topological polar surface area (TPSA) is 28.2 Å². The number of hydrogen-bond acceptors (Lipinski definition) is 4. The molecule has 1 aliphatic heterocycles. The molecule has 2 unspecified atom stereocenters. The summed E-state index contributed by atoms with van der Waals surface area (Å²) in [5.74, 6) is 0. The van der Waals surface area contributed by atoms with E-state index in [-0.39, 0.29) is 0 Å². The average Bonchev–Trinajstić information content (AvgIpc) is 2.97. The molecule has 0 radical (unpaired) electrons. The number of rotatable bonds is 5. The van der Waals surface area contributed by atoms with Crippen LogP contribution in [-0.2, 0) is 6.42 Å². The highest BCUT2D eigenvalue weighted by Crippen LogP contribution is 2.25. The third kappa shape index (κ3) is 3.11. The smallest absolute Gasteiger partial charge is 0.0944 e. The number of nitrogens with zero attached hydrogens (tertiary/aromatic N) is 2. The molecule has 2 rings (SSSR count). The van der Waals surface area contributed by atoms with E-state index < -0.39 is 0 Å². The van der Waals surface area contributed by atoms with Crippen LogP contribution >= 0.6 is 11.3 Å². The number of likely N-dealkylation sites (tertiary alicyclic amines) is 1. The van der Waals surface area contributed by atoms with Crippen LogP contribution in [0.25, 0.3) is 0 Å². The largest absolute Gasteiger partial charge is 0.312 e. The van der Waals surface area contributed by atoms with Gasteiger partial charge in [0, 0.05) is 29.9 Å². The third-order valence-electron chi connectivity index (χ3n) is 3.94. The fourth-order valence-electron chi connectivity index (χ4n) is 2.72. The molecular weight excluding hydrogens is 242 g/mol. The molecule has 0 aromatic carbocycles. The highest BCUT2D eigenvalue weighted by atomic mass is 32.1. The van der Waals surface area contributed by atoms with Gasteiger partial charge in [0.15, 0.2) is 0 Å². The van der Waals surface area contributed by atoms with Crippen molar-refractivity contribution in [2.24, 2.45) is 0 Å². The molecule has 1 aromatic rings. The van der Waals surface area contributed by atoms with Gasteiger partial charge in [-0.15, -0.1) is 11.3 Å². The summed E-state index contributed by atoms with van der Waals surface area (Å²) in [6.07, 6.45) is 3.79. The Bertz CT molecular complexity index is 375. The molecule has 18 heavy (non-hydrogen) atoms. The first-order chi connectivity index (χ1) is 8.61. The first-order valence-corrected chi connectivity index (χ1v) is 7.87. The average molecular weight is 267 g/mol. The minimum atomic E-state index is 0.361. The van der Waals surface area contributed by atoms with Crippen LogP contribution in [0.3, 0.4) is 0 Å². The van der Waals surface area contributed by atoms with Gasteiger partial charge in [0.2, 0.25) is 0 Å². The summed E-state index contributed by atoms with van der Waals surface area (Å²) < 4.78 is 0. The molecule has 3 nitrogen and oxygen atoms in total. The van der Waals surface area contributed by atoms with Crippen LogP contribution < -0.4 is 5.32 Å². The van der Waals surface area contributed by atoms with Gasteiger partial charge in [0.05, 0.1) is 10.7 Å². The molecule has 0 saturated carbocycles. The van der Waals surface area contributed by atoms with E-state index >= 15 is 0 Å². The van der Waals surface area contributed by atoms with Gasteiger partial charge in [-0.2, -0.15) is 0 Å². The first kappa shape index (κ1) is 14.0. The highest BCUT2D eigenvalue weighted by molar-refractivity contribution is 7.09. The Morgan fingerprint density at radius 3 is 2.94 bits per heavy atom. The summed E-state index contributed by atoms with van der Waals surface area (Å²) in [6.45, 7) is 8.02. The predicted octanol–water partition coefficient (Wildman–Crippen LogP) is 2.84. The van der Waals surface area contributed by atoms with Crippen molar-refractivity contribution in [2.45, 2.75) is 58.2 Å². The van der Waals surface area contributed by atoms with Crippen molar-refractivity contribution >= 4 is 11.3 Å². The molecule has 1 fully saturated rings. The number of thiazole rings is 1. The van der Waals surface area contributed by atoms with E-state index in [1.165, 1.54) is 30.1 Å². The Kier molecular flexibility index (Phi) is 4.76. The third-order valence-corrected chi connectivity index (χ3v) is 4.83. The van der Waals surface area contributed by atoms with Crippen molar-refractivity contribution in [3.63, 3.8) is 0 Å². The van der Waals surface area contributed by atoms with E-state index in [1.54, 1.807) is 0 Å². The zero-order valence-corrected chi connectivity index (χ0v) is 12.8. The second-order valence-electron chi connectivity index (χ2n) is 5.51. The normalized spacial score (nSPS) is 22.8. The van der Waals surface area contributed by atoms with Crippen LogP contribution in [0.4, 0.5) is 0 Å². The van der Waals surface area contributed by atoms with Gasteiger partial charge in [-0.05, 0) is 47.2 Å². The zero-order chi connectivity index (χ0) is 13.1. The van der Waals surface area contributed by atoms with Gasteiger partial charge in [-0.3, -0.25) is 4.90 Å². The van der Waals surface area contributed by atoms with Gasteiger partial charge < -0.3 is 5.32 Å². The van der Waals surface area contributed by atoms with Crippen molar-refractivity contribution in [1.82, 2.24) is 15.2 Å². The lowest BCUT2D eigenvalue weighted by Crippen LogP contribution is -2.36. The Morgan fingerprint density at radius 2 is 2.28 bits per heavy atom. The Balaban J connectivity index is 1.98. The summed E-state index contributed by atoms with van der Waals surface area (Å²) in [6, 6.07) is 1.72. The monoisotopic (exact) mass is 267 g/mol. The van der Waals surface area contributed by atoms with E-state index in [0.717, 1.165) is 6.42 Å². The zero-order valence-electron chi connectivity index (χ0n) is 11.9. The molecule has 1 aromatic heterocycles. The summed E-state index contributed by atoms with van der Waals surface area (Å²) in [5, 5.41) is 6.74. The quantitative estimate of drug-likeness (QED) is 0.889. The van der Waals surface area contributed by atoms with Gasteiger partial charge in [-0.1, -0.05) is 0 Å². The maximum Gasteiger partial charge on any atom is 0.0944 e. The van der Waals surface area contributed by atoms with E-state index in [9.17, 15) is 0 Å². The van der Waals surface area contributed by atoms with Crippen LogP contribution in [0, 0.1) is 0 Å². The van der Waals surface area contributed by atoms with Crippen LogP contribution in [0.2, 0.25) is 0 Å². The molecule has 0 aliphatic carbocycles. The van der Waals surface area contributed by atoms with Crippen LogP contribution in [-0.4, -0.2) is 35.6 Å². The highest BCUT2D eigenvalue weighted by Gasteiger charge is 2.27. The molecule has 1 aliphatic rings. The molecule has 102 valence electrons. The van der Waals surface area contributed by atoms with Gasteiger partial charge in [0.25, 0.3) is 0 Å². The van der Waals surface area contributed by atoms with Crippen molar-refractivity contribution in [2.75, 3.05) is 13.6 Å². The maximum atomic E-state index is 4.77. The minimum Gasteiger partial charge on any atom is -0.312 e. The second-order valence-corrected chi connectivity index (χ2v) is 6.45. The molecule has 0 bridgehead atoms. The molecular formula is C14H25N3S. The van der Waals surface area contributed by atoms with Crippen molar-refractivity contribution in [3.05, 3.63) is 16.1 Å². The van der Waals surface area contributed by atoms with Crippen LogP contribution in [0.1, 0.15) is 50.4 Å². The van der Waals surface area contributed by atoms with E-state index in [2.05, 4.69) is 36.4 Å². The van der Waals surface area contributed by atoms with Crippen molar-refractivity contribution < 1.29 is 0 Å². The van der Waals surface area contributed by atoms with Crippen molar-refractivity contribution in [3.8, 4) is 0 Å². The molecule has 4 heteroatoms. The van der Waals surface area contributed by atoms with E-state index in [1.807, 2.05) is 18.4 Å².